The number of carbonyl (C=O) groups is 1. The number of amides is 1. The number of carbonyl (C=O) groups excluding carboxylic acids is 1. The van der Waals surface area contributed by atoms with Gasteiger partial charge in [0.1, 0.15) is 11.3 Å². The van der Waals surface area contributed by atoms with Crippen molar-refractivity contribution in [2.75, 3.05) is 11.9 Å². The summed E-state index contributed by atoms with van der Waals surface area (Å²) in [6, 6.07) is 11.1. The van der Waals surface area contributed by atoms with Crippen LogP contribution in [0.25, 0.3) is 10.8 Å². The first-order valence-electron chi connectivity index (χ1n) is 6.10. The van der Waals surface area contributed by atoms with Crippen LogP contribution in [0.5, 0.6) is 5.75 Å². The molecule has 0 aliphatic carbocycles. The molecule has 5 nitrogen and oxygen atoms in total. The number of anilines is 1. The molecular formula is C14H10ClN3O2S. The zero-order valence-electron chi connectivity index (χ0n) is 10.7. The van der Waals surface area contributed by atoms with Crippen LogP contribution in [-0.4, -0.2) is 22.7 Å². The highest BCUT2D eigenvalue weighted by Crippen LogP contribution is 2.31. The summed E-state index contributed by atoms with van der Waals surface area (Å²) in [5.74, 6) is 0.327. The molecule has 1 heterocycles. The molecule has 0 aliphatic heterocycles. The van der Waals surface area contributed by atoms with Gasteiger partial charge in [-0.3, -0.25) is 10.1 Å². The zero-order chi connectivity index (χ0) is 14.7. The summed E-state index contributed by atoms with van der Waals surface area (Å²) >= 11 is 7.39. The Morgan fingerprint density at radius 1 is 1.24 bits per heavy atom. The van der Waals surface area contributed by atoms with E-state index in [9.17, 15) is 4.79 Å². The van der Waals surface area contributed by atoms with E-state index < -0.39 is 0 Å². The molecule has 1 aromatic heterocycles. The summed E-state index contributed by atoms with van der Waals surface area (Å²) in [7, 11) is 0. The standard InChI is InChI=1S/C14H10ClN3O2S/c15-11-5-6-12(10-4-2-1-3-9(10)11)20-7-13(19)17-14-18-16-8-21-14/h1-6,8H,7H2,(H,17,18,19). The van der Waals surface area contributed by atoms with Crippen LogP contribution >= 0.6 is 22.9 Å². The second-order valence-electron chi connectivity index (χ2n) is 4.17. The highest BCUT2D eigenvalue weighted by atomic mass is 35.5. The molecule has 0 bridgehead atoms. The summed E-state index contributed by atoms with van der Waals surface area (Å²) in [5.41, 5.74) is 1.54. The van der Waals surface area contributed by atoms with Crippen molar-refractivity contribution >= 4 is 44.7 Å². The van der Waals surface area contributed by atoms with E-state index in [1.54, 1.807) is 17.6 Å². The molecule has 0 fully saturated rings. The summed E-state index contributed by atoms with van der Waals surface area (Å²) < 4.78 is 5.57. The van der Waals surface area contributed by atoms with Crippen molar-refractivity contribution in [3.63, 3.8) is 0 Å². The normalized spacial score (nSPS) is 10.5. The van der Waals surface area contributed by atoms with Gasteiger partial charge in [-0.15, -0.1) is 10.2 Å². The van der Waals surface area contributed by atoms with Gasteiger partial charge in [-0.25, -0.2) is 0 Å². The average molecular weight is 320 g/mol. The van der Waals surface area contributed by atoms with Crippen LogP contribution in [-0.2, 0) is 4.79 Å². The lowest BCUT2D eigenvalue weighted by Crippen LogP contribution is -2.20. The highest BCUT2D eigenvalue weighted by Gasteiger charge is 2.09. The fourth-order valence-electron chi connectivity index (χ4n) is 1.89. The lowest BCUT2D eigenvalue weighted by atomic mass is 10.1. The first-order valence-corrected chi connectivity index (χ1v) is 7.36. The third-order valence-corrected chi connectivity index (χ3v) is 3.73. The number of hydrogen-bond donors (Lipinski definition) is 1. The molecule has 0 spiro atoms. The molecule has 0 saturated carbocycles. The molecule has 3 aromatic rings. The number of halogens is 1. The predicted molar refractivity (Wildman–Crippen MR) is 83.0 cm³/mol. The van der Waals surface area contributed by atoms with Gasteiger partial charge in [-0.2, -0.15) is 0 Å². The average Bonchev–Trinajstić information content (AvgIpc) is 3.00. The minimum atomic E-state index is -0.286. The number of rotatable bonds is 4. The molecule has 0 unspecified atom stereocenters. The quantitative estimate of drug-likeness (QED) is 0.801. The Bertz CT molecular complexity index is 777. The molecule has 106 valence electrons. The molecule has 0 aliphatic rings. The smallest absolute Gasteiger partial charge is 0.264 e. The van der Waals surface area contributed by atoms with Crippen molar-refractivity contribution in [3.05, 3.63) is 46.9 Å². The van der Waals surface area contributed by atoms with Crippen LogP contribution < -0.4 is 10.1 Å². The fourth-order valence-corrected chi connectivity index (χ4v) is 2.58. The number of hydrogen-bond acceptors (Lipinski definition) is 5. The van der Waals surface area contributed by atoms with Crippen LogP contribution in [0, 0.1) is 0 Å². The maximum absolute atomic E-state index is 11.8. The number of fused-ring (bicyclic) bond motifs is 1. The van der Waals surface area contributed by atoms with Gasteiger partial charge in [0.05, 0.1) is 0 Å². The van der Waals surface area contributed by atoms with Crippen LogP contribution in [0.2, 0.25) is 5.02 Å². The van der Waals surface area contributed by atoms with E-state index in [-0.39, 0.29) is 12.5 Å². The highest BCUT2D eigenvalue weighted by molar-refractivity contribution is 7.13. The summed E-state index contributed by atoms with van der Waals surface area (Å²) in [4.78, 5) is 11.8. The van der Waals surface area contributed by atoms with Gasteiger partial charge in [0.25, 0.3) is 5.91 Å². The summed E-state index contributed by atoms with van der Waals surface area (Å²) in [5, 5.41) is 12.8. The molecule has 0 atom stereocenters. The second kappa shape index (κ2) is 6.07. The van der Waals surface area contributed by atoms with Crippen molar-refractivity contribution < 1.29 is 9.53 Å². The molecular weight excluding hydrogens is 310 g/mol. The van der Waals surface area contributed by atoms with E-state index in [0.29, 0.717) is 15.9 Å². The fraction of sp³-hybridized carbons (Fsp3) is 0.0714. The van der Waals surface area contributed by atoms with Crippen LogP contribution in [0.15, 0.2) is 41.9 Å². The monoisotopic (exact) mass is 319 g/mol. The minimum absolute atomic E-state index is 0.106. The second-order valence-corrected chi connectivity index (χ2v) is 5.41. The number of aromatic nitrogens is 2. The molecule has 21 heavy (non-hydrogen) atoms. The Morgan fingerprint density at radius 3 is 2.81 bits per heavy atom. The lowest BCUT2D eigenvalue weighted by Gasteiger charge is -2.09. The Hall–Kier alpha value is -2.18. The van der Waals surface area contributed by atoms with Gasteiger partial charge in [0.15, 0.2) is 6.61 Å². The molecule has 0 saturated heterocycles. The predicted octanol–water partition coefficient (Wildman–Crippen LogP) is 3.36. The number of nitrogens with one attached hydrogen (secondary N) is 1. The molecule has 1 N–H and O–H groups in total. The molecule has 1 amide bonds. The topological polar surface area (TPSA) is 64.1 Å². The Morgan fingerprint density at radius 2 is 2.05 bits per heavy atom. The van der Waals surface area contributed by atoms with E-state index in [2.05, 4.69) is 15.5 Å². The van der Waals surface area contributed by atoms with Crippen LogP contribution in [0.3, 0.4) is 0 Å². The van der Waals surface area contributed by atoms with E-state index in [1.807, 2.05) is 24.3 Å². The summed E-state index contributed by atoms with van der Waals surface area (Å²) in [6.07, 6.45) is 0. The van der Waals surface area contributed by atoms with Crippen molar-refractivity contribution in [2.24, 2.45) is 0 Å². The van der Waals surface area contributed by atoms with Gasteiger partial charge >= 0.3 is 0 Å². The Kier molecular flexibility index (Phi) is 3.98. The molecule has 7 heteroatoms. The Labute approximate surface area is 129 Å². The number of ether oxygens (including phenoxy) is 1. The van der Waals surface area contributed by atoms with Crippen molar-refractivity contribution in [1.29, 1.82) is 0 Å². The largest absolute Gasteiger partial charge is 0.483 e. The van der Waals surface area contributed by atoms with Crippen molar-refractivity contribution in [1.82, 2.24) is 10.2 Å². The van der Waals surface area contributed by atoms with E-state index in [4.69, 9.17) is 16.3 Å². The molecule has 2 aromatic carbocycles. The van der Waals surface area contributed by atoms with Gasteiger partial charge in [0, 0.05) is 15.8 Å². The van der Waals surface area contributed by atoms with Gasteiger partial charge in [-0.05, 0) is 12.1 Å². The SMILES string of the molecule is O=C(COc1ccc(Cl)c2ccccc12)Nc1nncs1. The maximum Gasteiger partial charge on any atom is 0.264 e. The van der Waals surface area contributed by atoms with E-state index >= 15 is 0 Å². The van der Waals surface area contributed by atoms with Crippen molar-refractivity contribution in [3.8, 4) is 5.75 Å². The summed E-state index contributed by atoms with van der Waals surface area (Å²) in [6.45, 7) is -0.106. The van der Waals surface area contributed by atoms with Crippen molar-refractivity contribution in [2.45, 2.75) is 0 Å². The van der Waals surface area contributed by atoms with Crippen LogP contribution in [0.4, 0.5) is 5.13 Å². The maximum atomic E-state index is 11.8. The van der Waals surface area contributed by atoms with Gasteiger partial charge in [-0.1, -0.05) is 47.2 Å². The van der Waals surface area contributed by atoms with Gasteiger partial charge < -0.3 is 4.74 Å². The number of nitrogens with zero attached hydrogens (tertiary/aromatic N) is 2. The first kappa shape index (κ1) is 13.8. The minimum Gasteiger partial charge on any atom is -0.483 e. The number of benzene rings is 2. The lowest BCUT2D eigenvalue weighted by molar-refractivity contribution is -0.118. The zero-order valence-corrected chi connectivity index (χ0v) is 12.3. The third kappa shape index (κ3) is 3.12. The first-order chi connectivity index (χ1) is 10.2. The van der Waals surface area contributed by atoms with E-state index in [0.717, 1.165) is 10.8 Å². The third-order valence-electron chi connectivity index (χ3n) is 2.80. The molecule has 0 radical (unpaired) electrons. The van der Waals surface area contributed by atoms with E-state index in [1.165, 1.54) is 11.3 Å². The van der Waals surface area contributed by atoms with Crippen LogP contribution in [0.1, 0.15) is 0 Å². The Balaban J connectivity index is 1.73. The van der Waals surface area contributed by atoms with Gasteiger partial charge in [0.2, 0.25) is 5.13 Å². The molecule has 3 rings (SSSR count).